The molecule has 0 unspecified atom stereocenters. The van der Waals surface area contributed by atoms with Crippen molar-refractivity contribution in [2.45, 2.75) is 45.5 Å². The van der Waals surface area contributed by atoms with E-state index in [2.05, 4.69) is 30.5 Å². The Labute approximate surface area is 242 Å². The normalized spacial score (nSPS) is 15.0. The van der Waals surface area contributed by atoms with E-state index in [1.807, 2.05) is 35.0 Å². The van der Waals surface area contributed by atoms with Crippen molar-refractivity contribution in [2.24, 2.45) is 7.05 Å². The van der Waals surface area contributed by atoms with Gasteiger partial charge < -0.3 is 10.2 Å². The molecular formula is C30H35F3N8O. The first-order chi connectivity index (χ1) is 19.9. The van der Waals surface area contributed by atoms with Gasteiger partial charge in [0.1, 0.15) is 5.69 Å². The number of carbonyl (C=O) groups is 1. The standard InChI is InChI=1S/C30H35F3N8O/c1-19-6-7-21(14-28(19)41-18-27(36-37-41)25-16-34-39(5)20(25)2)29(42)35-23-9-8-22(26(15-23)30(31,32)33)17-40-12-10-24(11-13-40)38(3)4/h6-9,14-16,18,24H,10-13,17H2,1-5H3,(H,35,42). The molecule has 1 amide bonds. The first-order valence-corrected chi connectivity index (χ1v) is 13.8. The van der Waals surface area contributed by atoms with Crippen LogP contribution in [0.2, 0.25) is 0 Å². The van der Waals surface area contributed by atoms with Gasteiger partial charge in [0.05, 0.1) is 23.6 Å². The van der Waals surface area contributed by atoms with E-state index in [0.717, 1.165) is 48.8 Å². The average molecular weight is 581 g/mol. The lowest BCUT2D eigenvalue weighted by atomic mass is 10.0. The molecule has 1 aliphatic heterocycles. The number of hydrogen-bond donors (Lipinski definition) is 1. The number of halogens is 3. The number of alkyl halides is 3. The first-order valence-electron chi connectivity index (χ1n) is 13.8. The third-order valence-corrected chi connectivity index (χ3v) is 8.08. The number of hydrogen-bond acceptors (Lipinski definition) is 6. The lowest BCUT2D eigenvalue weighted by molar-refractivity contribution is -0.138. The van der Waals surface area contributed by atoms with Crippen LogP contribution in [-0.4, -0.2) is 73.7 Å². The quantitative estimate of drug-likeness (QED) is 0.328. The van der Waals surface area contributed by atoms with Gasteiger partial charge in [-0.05, 0) is 89.3 Å². The third kappa shape index (κ3) is 6.24. The van der Waals surface area contributed by atoms with E-state index in [1.54, 1.807) is 40.0 Å². The molecule has 42 heavy (non-hydrogen) atoms. The molecule has 5 rings (SSSR count). The van der Waals surface area contributed by atoms with E-state index in [-0.39, 0.29) is 23.4 Å². The highest BCUT2D eigenvalue weighted by atomic mass is 19.4. The lowest BCUT2D eigenvalue weighted by Crippen LogP contribution is -2.41. The van der Waals surface area contributed by atoms with E-state index in [9.17, 15) is 18.0 Å². The van der Waals surface area contributed by atoms with Crippen molar-refractivity contribution in [3.8, 4) is 16.9 Å². The molecule has 0 radical (unpaired) electrons. The Balaban J connectivity index is 1.33. The zero-order valence-corrected chi connectivity index (χ0v) is 24.4. The van der Waals surface area contributed by atoms with E-state index in [1.165, 1.54) is 12.1 Å². The fourth-order valence-corrected chi connectivity index (χ4v) is 5.35. The fourth-order valence-electron chi connectivity index (χ4n) is 5.35. The molecule has 0 spiro atoms. The van der Waals surface area contributed by atoms with E-state index < -0.39 is 17.6 Å². The molecule has 1 saturated heterocycles. The minimum absolute atomic E-state index is 0.0830. The molecule has 9 nitrogen and oxygen atoms in total. The summed E-state index contributed by atoms with van der Waals surface area (Å²) in [4.78, 5) is 17.4. The predicted molar refractivity (Wildman–Crippen MR) is 154 cm³/mol. The second-order valence-corrected chi connectivity index (χ2v) is 11.1. The van der Waals surface area contributed by atoms with Crippen LogP contribution in [0.3, 0.4) is 0 Å². The van der Waals surface area contributed by atoms with Crippen molar-refractivity contribution >= 4 is 11.6 Å². The van der Waals surface area contributed by atoms with Crippen LogP contribution in [0.15, 0.2) is 48.8 Å². The lowest BCUT2D eigenvalue weighted by Gasteiger charge is -2.35. The van der Waals surface area contributed by atoms with Crippen LogP contribution in [0, 0.1) is 13.8 Å². The zero-order chi connectivity index (χ0) is 30.2. The van der Waals surface area contributed by atoms with Crippen LogP contribution < -0.4 is 5.32 Å². The predicted octanol–water partition coefficient (Wildman–Crippen LogP) is 5.08. The molecule has 1 fully saturated rings. The Morgan fingerprint density at radius 2 is 1.83 bits per heavy atom. The molecule has 0 bridgehead atoms. The number of aryl methyl sites for hydroxylation is 2. The summed E-state index contributed by atoms with van der Waals surface area (Å²) in [7, 11) is 5.90. The van der Waals surface area contributed by atoms with Crippen molar-refractivity contribution in [2.75, 3.05) is 32.5 Å². The van der Waals surface area contributed by atoms with E-state index >= 15 is 0 Å². The summed E-state index contributed by atoms with van der Waals surface area (Å²) in [6, 6.07) is 9.52. The molecule has 0 atom stereocenters. The summed E-state index contributed by atoms with van der Waals surface area (Å²) < 4.78 is 45.6. The number of likely N-dealkylation sites (tertiary alicyclic amines) is 1. The highest BCUT2D eigenvalue weighted by molar-refractivity contribution is 6.04. The maximum absolute atomic E-state index is 14.1. The van der Waals surface area contributed by atoms with E-state index in [0.29, 0.717) is 17.4 Å². The van der Waals surface area contributed by atoms with Crippen LogP contribution in [-0.2, 0) is 19.8 Å². The second-order valence-electron chi connectivity index (χ2n) is 11.1. The van der Waals surface area contributed by atoms with Crippen molar-refractivity contribution in [3.05, 3.63) is 76.7 Å². The SMILES string of the molecule is Cc1ccc(C(=O)Nc2ccc(CN3CCC(N(C)C)CC3)c(C(F)(F)F)c2)cc1-n1cc(-c2cnn(C)c2C)nn1. The maximum Gasteiger partial charge on any atom is 0.416 e. The Hall–Kier alpha value is -4.03. The molecule has 2 aromatic heterocycles. The molecule has 3 heterocycles. The van der Waals surface area contributed by atoms with Crippen molar-refractivity contribution < 1.29 is 18.0 Å². The number of amides is 1. The number of anilines is 1. The summed E-state index contributed by atoms with van der Waals surface area (Å²) in [5, 5.41) is 15.4. The summed E-state index contributed by atoms with van der Waals surface area (Å²) in [5.41, 5.74) is 3.73. The molecule has 0 saturated carbocycles. The van der Waals surface area contributed by atoms with Gasteiger partial charge in [0.25, 0.3) is 5.91 Å². The fraction of sp³-hybridized carbons (Fsp3) is 0.400. The van der Waals surface area contributed by atoms with Gasteiger partial charge in [-0.3, -0.25) is 14.4 Å². The largest absolute Gasteiger partial charge is 0.416 e. The Bertz CT molecular complexity index is 1580. The van der Waals surface area contributed by atoms with Gasteiger partial charge in [0, 0.05) is 42.1 Å². The number of rotatable bonds is 7. The molecule has 222 valence electrons. The number of nitrogens with zero attached hydrogens (tertiary/aromatic N) is 7. The Kier molecular flexibility index (Phi) is 8.20. The smallest absolute Gasteiger partial charge is 0.322 e. The molecule has 0 aliphatic carbocycles. The monoisotopic (exact) mass is 580 g/mol. The van der Waals surface area contributed by atoms with Crippen LogP contribution in [0.4, 0.5) is 18.9 Å². The van der Waals surface area contributed by atoms with Gasteiger partial charge in [-0.1, -0.05) is 17.3 Å². The van der Waals surface area contributed by atoms with Gasteiger partial charge in [-0.2, -0.15) is 18.3 Å². The van der Waals surface area contributed by atoms with E-state index in [4.69, 9.17) is 0 Å². The second kappa shape index (κ2) is 11.7. The summed E-state index contributed by atoms with van der Waals surface area (Å²) in [6.07, 6.45) is 0.756. The van der Waals surface area contributed by atoms with Gasteiger partial charge in [-0.15, -0.1) is 5.10 Å². The molecule has 1 N–H and O–H groups in total. The van der Waals surface area contributed by atoms with Crippen LogP contribution in [0.5, 0.6) is 0 Å². The number of piperidine rings is 1. The number of carbonyl (C=O) groups excluding carboxylic acids is 1. The highest BCUT2D eigenvalue weighted by Crippen LogP contribution is 2.35. The van der Waals surface area contributed by atoms with Crippen LogP contribution in [0.25, 0.3) is 16.9 Å². The minimum atomic E-state index is -4.55. The summed E-state index contributed by atoms with van der Waals surface area (Å²) >= 11 is 0. The molecule has 12 heteroatoms. The number of aromatic nitrogens is 5. The Morgan fingerprint density at radius 1 is 1.10 bits per heavy atom. The van der Waals surface area contributed by atoms with Crippen molar-refractivity contribution in [3.63, 3.8) is 0 Å². The number of nitrogens with one attached hydrogen (secondary N) is 1. The zero-order valence-electron chi connectivity index (χ0n) is 24.4. The minimum Gasteiger partial charge on any atom is -0.322 e. The number of benzene rings is 2. The highest BCUT2D eigenvalue weighted by Gasteiger charge is 2.34. The average Bonchev–Trinajstić information content (AvgIpc) is 3.56. The Morgan fingerprint density at radius 3 is 2.48 bits per heavy atom. The van der Waals surface area contributed by atoms with Crippen LogP contribution >= 0.6 is 0 Å². The van der Waals surface area contributed by atoms with Crippen molar-refractivity contribution in [1.82, 2.24) is 34.6 Å². The van der Waals surface area contributed by atoms with Gasteiger partial charge in [0.2, 0.25) is 0 Å². The third-order valence-electron chi connectivity index (χ3n) is 8.08. The van der Waals surface area contributed by atoms with Gasteiger partial charge >= 0.3 is 6.18 Å². The van der Waals surface area contributed by atoms with Crippen molar-refractivity contribution in [1.29, 1.82) is 0 Å². The van der Waals surface area contributed by atoms with Gasteiger partial charge in [0.15, 0.2) is 0 Å². The summed E-state index contributed by atoms with van der Waals surface area (Å²) in [5.74, 6) is -0.522. The van der Waals surface area contributed by atoms with Crippen LogP contribution in [0.1, 0.15) is 45.6 Å². The first kappa shape index (κ1) is 29.5. The molecule has 1 aliphatic rings. The molecular weight excluding hydrogens is 545 g/mol. The van der Waals surface area contributed by atoms with Gasteiger partial charge in [-0.25, -0.2) is 4.68 Å². The maximum atomic E-state index is 14.1. The molecule has 2 aromatic carbocycles. The molecule has 4 aromatic rings. The topological polar surface area (TPSA) is 84.1 Å². The summed E-state index contributed by atoms with van der Waals surface area (Å²) in [6.45, 7) is 5.50.